The molecule has 1 aromatic carbocycles. The lowest BCUT2D eigenvalue weighted by Crippen LogP contribution is -2.43. The third-order valence-corrected chi connectivity index (χ3v) is 4.98. The lowest BCUT2D eigenvalue weighted by atomic mass is 9.95. The smallest absolute Gasteiger partial charge is 0.251 e. The Morgan fingerprint density at radius 2 is 1.88 bits per heavy atom. The summed E-state index contributed by atoms with van der Waals surface area (Å²) in [6.45, 7) is 10.0. The van der Waals surface area contributed by atoms with E-state index in [2.05, 4.69) is 15.5 Å². The highest BCUT2D eigenvalue weighted by Gasteiger charge is 2.22. The molecule has 1 aliphatic rings. The highest BCUT2D eigenvalue weighted by atomic mass is 35.5. The van der Waals surface area contributed by atoms with Crippen LogP contribution in [0.5, 0.6) is 0 Å². The summed E-state index contributed by atoms with van der Waals surface area (Å²) in [4.78, 5) is 26.4. The maximum absolute atomic E-state index is 12.2. The van der Waals surface area contributed by atoms with Gasteiger partial charge < -0.3 is 15.5 Å². The maximum atomic E-state index is 12.2. The fourth-order valence-electron chi connectivity index (χ4n) is 2.98. The molecule has 2 rings (SSSR count). The third kappa shape index (κ3) is 6.61. The van der Waals surface area contributed by atoms with Crippen molar-refractivity contribution < 1.29 is 9.59 Å². The van der Waals surface area contributed by atoms with E-state index in [-0.39, 0.29) is 17.2 Å². The van der Waals surface area contributed by atoms with E-state index in [0.717, 1.165) is 32.5 Å². The summed E-state index contributed by atoms with van der Waals surface area (Å²) in [5.74, 6) is 0.523. The minimum atomic E-state index is -0.339. The van der Waals surface area contributed by atoms with Crippen LogP contribution < -0.4 is 10.6 Å². The molecule has 1 saturated heterocycles. The van der Waals surface area contributed by atoms with E-state index in [1.54, 1.807) is 24.3 Å². The molecule has 0 radical (unpaired) electrons. The van der Waals surface area contributed by atoms with Crippen LogP contribution in [0.4, 0.5) is 0 Å². The molecule has 6 heteroatoms. The number of halogens is 1. The maximum Gasteiger partial charge on any atom is 0.251 e. The quantitative estimate of drug-likeness (QED) is 0.798. The molecule has 2 N–H and O–H groups in total. The van der Waals surface area contributed by atoms with Crippen LogP contribution in [0.25, 0.3) is 0 Å². The van der Waals surface area contributed by atoms with Crippen molar-refractivity contribution >= 4 is 23.4 Å². The summed E-state index contributed by atoms with van der Waals surface area (Å²) < 4.78 is 0. The van der Waals surface area contributed by atoms with Crippen molar-refractivity contribution in [3.05, 3.63) is 34.9 Å². The van der Waals surface area contributed by atoms with Crippen LogP contribution >= 0.6 is 11.6 Å². The van der Waals surface area contributed by atoms with E-state index in [1.807, 2.05) is 20.8 Å². The largest absolute Gasteiger partial charge is 0.354 e. The van der Waals surface area contributed by atoms with Gasteiger partial charge in [0.2, 0.25) is 5.91 Å². The normalized spacial score (nSPS) is 16.3. The minimum absolute atomic E-state index is 0.0696. The molecule has 0 unspecified atom stereocenters. The van der Waals surface area contributed by atoms with Crippen LogP contribution in [0.3, 0.4) is 0 Å². The minimum Gasteiger partial charge on any atom is -0.354 e. The second-order valence-corrected chi connectivity index (χ2v) is 8.45. The molecule has 26 heavy (non-hydrogen) atoms. The molecule has 0 aromatic heterocycles. The number of likely N-dealkylation sites (tertiary alicyclic amines) is 1. The molecule has 0 spiro atoms. The number of carbonyl (C=O) groups is 2. The Morgan fingerprint density at radius 1 is 1.19 bits per heavy atom. The molecular formula is C20H30ClN3O2. The van der Waals surface area contributed by atoms with Gasteiger partial charge in [-0.3, -0.25) is 9.59 Å². The van der Waals surface area contributed by atoms with E-state index in [9.17, 15) is 9.59 Å². The molecule has 2 amide bonds. The zero-order chi connectivity index (χ0) is 19.2. The van der Waals surface area contributed by atoms with Crippen LogP contribution in [0.2, 0.25) is 5.02 Å². The summed E-state index contributed by atoms with van der Waals surface area (Å²) in [6.07, 6.45) is 2.12. The van der Waals surface area contributed by atoms with Gasteiger partial charge in [0.15, 0.2) is 0 Å². The molecule has 5 nitrogen and oxygen atoms in total. The SMILES string of the molecule is CC(C)(C)C(=O)NCCN1CCC(CNC(=O)c2cccc(Cl)c2)CC1. The zero-order valence-corrected chi connectivity index (χ0v) is 16.7. The second-order valence-electron chi connectivity index (χ2n) is 8.01. The monoisotopic (exact) mass is 379 g/mol. The first-order valence-corrected chi connectivity index (χ1v) is 9.68. The number of rotatable bonds is 6. The third-order valence-electron chi connectivity index (χ3n) is 4.74. The standard InChI is InChI=1S/C20H30ClN3O2/c1-20(2,3)19(26)22-9-12-24-10-7-15(8-11-24)14-23-18(25)16-5-4-6-17(21)13-16/h4-6,13,15H,7-12,14H2,1-3H3,(H,22,26)(H,23,25). The van der Waals surface area contributed by atoms with Crippen molar-refractivity contribution in [2.24, 2.45) is 11.3 Å². The lowest BCUT2D eigenvalue weighted by molar-refractivity contribution is -0.128. The van der Waals surface area contributed by atoms with Gasteiger partial charge in [-0.2, -0.15) is 0 Å². The van der Waals surface area contributed by atoms with Crippen molar-refractivity contribution in [2.45, 2.75) is 33.6 Å². The molecule has 1 aliphatic heterocycles. The number of amides is 2. The first kappa shape index (κ1) is 20.7. The highest BCUT2D eigenvalue weighted by Crippen LogP contribution is 2.17. The summed E-state index contributed by atoms with van der Waals surface area (Å²) in [6, 6.07) is 7.01. The predicted octanol–water partition coefficient (Wildman–Crippen LogP) is 2.94. The van der Waals surface area contributed by atoms with Gasteiger partial charge in [0.05, 0.1) is 0 Å². The first-order valence-electron chi connectivity index (χ1n) is 9.30. The summed E-state index contributed by atoms with van der Waals surface area (Å²) in [5, 5.41) is 6.58. The van der Waals surface area contributed by atoms with Gasteiger partial charge in [-0.15, -0.1) is 0 Å². The predicted molar refractivity (Wildman–Crippen MR) is 105 cm³/mol. The molecule has 144 valence electrons. The Labute approximate surface area is 161 Å². The molecule has 0 atom stereocenters. The average Bonchev–Trinajstić information content (AvgIpc) is 2.60. The Hall–Kier alpha value is -1.59. The average molecular weight is 380 g/mol. The lowest BCUT2D eigenvalue weighted by Gasteiger charge is -2.32. The van der Waals surface area contributed by atoms with Crippen molar-refractivity contribution in [3.8, 4) is 0 Å². The van der Waals surface area contributed by atoms with Crippen LogP contribution in [-0.2, 0) is 4.79 Å². The Morgan fingerprint density at radius 3 is 2.50 bits per heavy atom. The number of nitrogens with zero attached hydrogens (tertiary/aromatic N) is 1. The fraction of sp³-hybridized carbons (Fsp3) is 0.600. The number of piperidine rings is 1. The van der Waals surface area contributed by atoms with Gasteiger partial charge in [0.25, 0.3) is 5.91 Å². The summed E-state index contributed by atoms with van der Waals surface area (Å²) in [5.41, 5.74) is 0.262. The van der Waals surface area contributed by atoms with Crippen molar-refractivity contribution in [2.75, 3.05) is 32.7 Å². The number of hydrogen-bond donors (Lipinski definition) is 2. The van der Waals surface area contributed by atoms with E-state index in [4.69, 9.17) is 11.6 Å². The van der Waals surface area contributed by atoms with E-state index in [0.29, 0.717) is 29.6 Å². The van der Waals surface area contributed by atoms with E-state index >= 15 is 0 Å². The van der Waals surface area contributed by atoms with Crippen molar-refractivity contribution in [3.63, 3.8) is 0 Å². The van der Waals surface area contributed by atoms with Crippen molar-refractivity contribution in [1.82, 2.24) is 15.5 Å². The van der Waals surface area contributed by atoms with E-state index in [1.165, 1.54) is 0 Å². The number of nitrogens with one attached hydrogen (secondary N) is 2. The molecule has 1 heterocycles. The fourth-order valence-corrected chi connectivity index (χ4v) is 3.17. The van der Waals surface area contributed by atoms with Crippen LogP contribution in [-0.4, -0.2) is 49.4 Å². The van der Waals surface area contributed by atoms with Gasteiger partial charge in [0.1, 0.15) is 0 Å². The highest BCUT2D eigenvalue weighted by molar-refractivity contribution is 6.30. The Bertz CT molecular complexity index is 620. The van der Waals surface area contributed by atoms with Crippen molar-refractivity contribution in [1.29, 1.82) is 0 Å². The van der Waals surface area contributed by atoms with Crippen LogP contribution in [0.1, 0.15) is 44.0 Å². The van der Waals surface area contributed by atoms with Crippen LogP contribution in [0.15, 0.2) is 24.3 Å². The summed E-state index contributed by atoms with van der Waals surface area (Å²) >= 11 is 5.93. The Balaban J connectivity index is 1.64. The molecular weight excluding hydrogens is 350 g/mol. The Kier molecular flexibility index (Phi) is 7.47. The molecule has 1 fully saturated rings. The molecule has 1 aromatic rings. The van der Waals surface area contributed by atoms with Gasteiger partial charge in [-0.05, 0) is 50.0 Å². The molecule has 0 bridgehead atoms. The first-order chi connectivity index (χ1) is 12.3. The van der Waals surface area contributed by atoms with E-state index < -0.39 is 0 Å². The van der Waals surface area contributed by atoms with Gasteiger partial charge >= 0.3 is 0 Å². The van der Waals surface area contributed by atoms with Gasteiger partial charge in [-0.1, -0.05) is 38.4 Å². The summed E-state index contributed by atoms with van der Waals surface area (Å²) in [7, 11) is 0. The second kappa shape index (κ2) is 9.38. The van der Waals surface area contributed by atoms with Gasteiger partial charge in [0, 0.05) is 35.6 Å². The topological polar surface area (TPSA) is 61.4 Å². The molecule has 0 saturated carbocycles. The zero-order valence-electron chi connectivity index (χ0n) is 16.0. The van der Waals surface area contributed by atoms with Gasteiger partial charge in [-0.25, -0.2) is 0 Å². The molecule has 0 aliphatic carbocycles. The number of carbonyl (C=O) groups excluding carboxylic acids is 2. The number of benzene rings is 1. The van der Waals surface area contributed by atoms with Crippen LogP contribution in [0, 0.1) is 11.3 Å². The number of hydrogen-bond acceptors (Lipinski definition) is 3.